The summed E-state index contributed by atoms with van der Waals surface area (Å²) in [5.74, 6) is -0.766. The molecule has 1 aromatic rings. The minimum Gasteiger partial charge on any atom is -0.465 e. The van der Waals surface area contributed by atoms with Crippen LogP contribution in [0.15, 0.2) is 24.3 Å². The smallest absolute Gasteiger partial charge is 0.338 e. The fourth-order valence-corrected chi connectivity index (χ4v) is 2.22. The molecule has 6 nitrogen and oxygen atoms in total. The van der Waals surface area contributed by atoms with Crippen LogP contribution in [0, 0.1) is 0 Å². The van der Waals surface area contributed by atoms with Crippen LogP contribution >= 0.6 is 0 Å². The van der Waals surface area contributed by atoms with E-state index in [1.807, 2.05) is 0 Å². The zero-order chi connectivity index (χ0) is 15.1. The Bertz CT molecular complexity index is 498. The number of nitrogens with one attached hydrogen (secondary N) is 1. The quantitative estimate of drug-likeness (QED) is 0.802. The summed E-state index contributed by atoms with van der Waals surface area (Å²) in [7, 11) is 1.30. The molecule has 21 heavy (non-hydrogen) atoms. The van der Waals surface area contributed by atoms with Gasteiger partial charge >= 0.3 is 5.97 Å². The van der Waals surface area contributed by atoms with Gasteiger partial charge < -0.3 is 14.8 Å². The number of benzene rings is 1. The van der Waals surface area contributed by atoms with Crippen molar-refractivity contribution in [2.24, 2.45) is 0 Å². The first-order valence-corrected chi connectivity index (χ1v) is 6.98. The number of hydrogen-bond acceptors (Lipinski definition) is 5. The molecular formula is C15H20N2O4. The first kappa shape index (κ1) is 15.5. The maximum Gasteiger partial charge on any atom is 0.338 e. The van der Waals surface area contributed by atoms with Gasteiger partial charge in [0.2, 0.25) is 0 Å². The van der Waals surface area contributed by atoms with Gasteiger partial charge in [0.15, 0.2) is 0 Å². The molecule has 0 aliphatic carbocycles. The molecule has 1 aromatic carbocycles. The van der Waals surface area contributed by atoms with Crippen molar-refractivity contribution in [3.05, 3.63) is 35.4 Å². The molecule has 1 saturated heterocycles. The van der Waals surface area contributed by atoms with Gasteiger partial charge in [0.05, 0.1) is 31.5 Å². The van der Waals surface area contributed by atoms with E-state index in [9.17, 15) is 9.59 Å². The van der Waals surface area contributed by atoms with E-state index in [4.69, 9.17) is 4.74 Å². The van der Waals surface area contributed by atoms with Gasteiger partial charge in [0.1, 0.15) is 0 Å². The molecule has 0 unspecified atom stereocenters. The van der Waals surface area contributed by atoms with E-state index in [0.29, 0.717) is 12.1 Å². The molecule has 114 valence electrons. The first-order chi connectivity index (χ1) is 10.2. The van der Waals surface area contributed by atoms with Crippen molar-refractivity contribution in [2.75, 3.05) is 46.5 Å². The van der Waals surface area contributed by atoms with Gasteiger partial charge in [-0.05, 0) is 12.1 Å². The number of morpholine rings is 1. The number of ether oxygens (including phenoxy) is 2. The number of carbonyl (C=O) groups excluding carboxylic acids is 2. The molecule has 0 radical (unpaired) electrons. The van der Waals surface area contributed by atoms with Gasteiger partial charge in [-0.3, -0.25) is 9.69 Å². The summed E-state index contributed by atoms with van der Waals surface area (Å²) in [6.07, 6.45) is 0. The fourth-order valence-electron chi connectivity index (χ4n) is 2.22. The van der Waals surface area contributed by atoms with E-state index >= 15 is 0 Å². The summed E-state index contributed by atoms with van der Waals surface area (Å²) >= 11 is 0. The second-order valence-electron chi connectivity index (χ2n) is 4.75. The maximum atomic E-state index is 12.2. The third-order valence-corrected chi connectivity index (χ3v) is 3.39. The summed E-state index contributed by atoms with van der Waals surface area (Å²) < 4.78 is 9.96. The van der Waals surface area contributed by atoms with E-state index in [-0.39, 0.29) is 11.5 Å². The Hall–Kier alpha value is -1.92. The lowest BCUT2D eigenvalue weighted by Gasteiger charge is -2.26. The van der Waals surface area contributed by atoms with Crippen molar-refractivity contribution < 1.29 is 19.1 Å². The fraction of sp³-hybridized carbons (Fsp3) is 0.467. The molecule has 0 spiro atoms. The molecule has 1 amide bonds. The summed E-state index contributed by atoms with van der Waals surface area (Å²) in [5, 5.41) is 2.84. The van der Waals surface area contributed by atoms with Crippen molar-refractivity contribution in [2.45, 2.75) is 0 Å². The van der Waals surface area contributed by atoms with Crippen LogP contribution in [0.2, 0.25) is 0 Å². The standard InChI is InChI=1S/C15H20N2O4/c1-20-15(19)13-5-3-2-4-12(13)14(18)16-6-7-17-8-10-21-11-9-17/h2-5H,6-11H2,1H3,(H,16,18). The molecule has 0 saturated carbocycles. The lowest BCUT2D eigenvalue weighted by atomic mass is 10.1. The molecule has 1 fully saturated rings. The predicted molar refractivity (Wildman–Crippen MR) is 77.4 cm³/mol. The molecule has 0 atom stereocenters. The average Bonchev–Trinajstić information content (AvgIpc) is 2.55. The van der Waals surface area contributed by atoms with Crippen LogP contribution in [-0.4, -0.2) is 63.3 Å². The van der Waals surface area contributed by atoms with Crippen molar-refractivity contribution in [1.29, 1.82) is 0 Å². The van der Waals surface area contributed by atoms with Crippen molar-refractivity contribution in [1.82, 2.24) is 10.2 Å². The second kappa shape index (κ2) is 7.75. The van der Waals surface area contributed by atoms with Crippen LogP contribution in [0.5, 0.6) is 0 Å². The Labute approximate surface area is 124 Å². The number of hydrogen-bond donors (Lipinski definition) is 1. The van der Waals surface area contributed by atoms with Gasteiger partial charge in [0, 0.05) is 26.2 Å². The Morgan fingerprint density at radius 3 is 2.57 bits per heavy atom. The van der Waals surface area contributed by atoms with Crippen LogP contribution in [-0.2, 0) is 9.47 Å². The number of carbonyl (C=O) groups is 2. The van der Waals surface area contributed by atoms with Crippen LogP contribution in [0.1, 0.15) is 20.7 Å². The summed E-state index contributed by atoms with van der Waals surface area (Å²) in [4.78, 5) is 26.0. The highest BCUT2D eigenvalue weighted by atomic mass is 16.5. The highest BCUT2D eigenvalue weighted by Gasteiger charge is 2.17. The maximum absolute atomic E-state index is 12.2. The van der Waals surface area contributed by atoms with Crippen LogP contribution in [0.25, 0.3) is 0 Å². The summed E-state index contributed by atoms with van der Waals surface area (Å²) in [6.45, 7) is 4.55. The zero-order valence-corrected chi connectivity index (χ0v) is 12.1. The minimum absolute atomic E-state index is 0.260. The number of esters is 1. The monoisotopic (exact) mass is 292 g/mol. The second-order valence-corrected chi connectivity index (χ2v) is 4.75. The van der Waals surface area contributed by atoms with Crippen molar-refractivity contribution in [3.63, 3.8) is 0 Å². The molecule has 1 aliphatic rings. The molecule has 1 aliphatic heterocycles. The largest absolute Gasteiger partial charge is 0.465 e. The van der Waals surface area contributed by atoms with Crippen LogP contribution in [0.4, 0.5) is 0 Å². The Balaban J connectivity index is 1.89. The van der Waals surface area contributed by atoms with E-state index in [1.165, 1.54) is 7.11 Å². The molecule has 6 heteroatoms. The van der Waals surface area contributed by atoms with Crippen LogP contribution < -0.4 is 5.32 Å². The SMILES string of the molecule is COC(=O)c1ccccc1C(=O)NCCN1CCOCC1. The van der Waals surface area contributed by atoms with Gasteiger partial charge in [-0.1, -0.05) is 12.1 Å². The zero-order valence-electron chi connectivity index (χ0n) is 12.1. The minimum atomic E-state index is -0.506. The molecular weight excluding hydrogens is 272 g/mol. The molecule has 0 aromatic heterocycles. The molecule has 0 bridgehead atoms. The third kappa shape index (κ3) is 4.27. The highest BCUT2D eigenvalue weighted by Crippen LogP contribution is 2.10. The first-order valence-electron chi connectivity index (χ1n) is 6.98. The number of methoxy groups -OCH3 is 1. The number of nitrogens with zero attached hydrogens (tertiary/aromatic N) is 1. The van der Waals surface area contributed by atoms with E-state index in [1.54, 1.807) is 24.3 Å². The van der Waals surface area contributed by atoms with E-state index in [0.717, 1.165) is 32.8 Å². The number of amides is 1. The van der Waals surface area contributed by atoms with Gasteiger partial charge in [0.25, 0.3) is 5.91 Å². The highest BCUT2D eigenvalue weighted by molar-refractivity contribution is 6.05. The van der Waals surface area contributed by atoms with Gasteiger partial charge in [-0.15, -0.1) is 0 Å². The third-order valence-electron chi connectivity index (χ3n) is 3.39. The predicted octanol–water partition coefficient (Wildman–Crippen LogP) is 0.535. The van der Waals surface area contributed by atoms with E-state index in [2.05, 4.69) is 15.0 Å². The van der Waals surface area contributed by atoms with Crippen LogP contribution in [0.3, 0.4) is 0 Å². The molecule has 1 heterocycles. The Morgan fingerprint density at radius 2 is 1.90 bits per heavy atom. The van der Waals surface area contributed by atoms with Crippen molar-refractivity contribution in [3.8, 4) is 0 Å². The lowest BCUT2D eigenvalue weighted by Crippen LogP contribution is -2.41. The van der Waals surface area contributed by atoms with Gasteiger partial charge in [-0.2, -0.15) is 0 Å². The summed E-state index contributed by atoms with van der Waals surface area (Å²) in [6, 6.07) is 6.64. The normalized spacial score (nSPS) is 15.5. The topological polar surface area (TPSA) is 67.9 Å². The van der Waals surface area contributed by atoms with E-state index < -0.39 is 5.97 Å². The van der Waals surface area contributed by atoms with Crippen molar-refractivity contribution >= 4 is 11.9 Å². The molecule has 1 N–H and O–H groups in total. The number of rotatable bonds is 5. The summed E-state index contributed by atoms with van der Waals surface area (Å²) in [5.41, 5.74) is 0.621. The lowest BCUT2D eigenvalue weighted by molar-refractivity contribution is 0.0383. The van der Waals surface area contributed by atoms with Gasteiger partial charge in [-0.25, -0.2) is 4.79 Å². The Morgan fingerprint density at radius 1 is 1.24 bits per heavy atom. The molecule has 2 rings (SSSR count). The average molecular weight is 292 g/mol. The Kier molecular flexibility index (Phi) is 5.71.